The second kappa shape index (κ2) is 61.5. The van der Waals surface area contributed by atoms with E-state index in [4.69, 9.17) is 9.05 Å². The van der Waals surface area contributed by atoms with Crippen LogP contribution in [-0.2, 0) is 18.4 Å². The number of phosphoric ester groups is 1. The van der Waals surface area contributed by atoms with E-state index in [1.54, 1.807) is 6.08 Å². The van der Waals surface area contributed by atoms with Gasteiger partial charge in [-0.1, -0.05) is 353 Å². The summed E-state index contributed by atoms with van der Waals surface area (Å²) in [5, 5.41) is 14.0. The molecule has 0 aromatic heterocycles. The number of unbranched alkanes of at least 4 members (excludes halogenated alkanes) is 51. The first-order chi connectivity index (χ1) is 38.5. The molecule has 0 aromatic carbocycles. The lowest BCUT2D eigenvalue weighted by Gasteiger charge is -2.25. The third-order valence-electron chi connectivity index (χ3n) is 16.4. The molecule has 1 amide bonds. The lowest BCUT2D eigenvalue weighted by molar-refractivity contribution is -0.870. The number of phosphoric acid groups is 1. The van der Waals surface area contributed by atoms with E-state index >= 15 is 0 Å². The molecule has 9 heteroatoms. The van der Waals surface area contributed by atoms with Crippen molar-refractivity contribution in [1.29, 1.82) is 0 Å². The number of allylic oxidation sites excluding steroid dienone is 3. The average molecular weight is 1140 g/mol. The number of nitrogens with one attached hydrogen (secondary N) is 1. The molecule has 0 aliphatic heterocycles. The number of carbonyl (C=O) groups is 1. The molecule has 0 bridgehead atoms. The summed E-state index contributed by atoms with van der Waals surface area (Å²) in [6.45, 7) is 4.86. The first kappa shape index (κ1) is 78.0. The van der Waals surface area contributed by atoms with Gasteiger partial charge in [0, 0.05) is 6.42 Å². The normalized spacial score (nSPS) is 13.8. The molecule has 0 spiro atoms. The Labute approximate surface area is 494 Å². The minimum absolute atomic E-state index is 0.0591. The largest absolute Gasteiger partial charge is 0.472 e. The second-order valence-corrected chi connectivity index (χ2v) is 27.1. The molecule has 0 fully saturated rings. The number of quaternary nitrogens is 1. The van der Waals surface area contributed by atoms with Gasteiger partial charge in [0.05, 0.1) is 39.9 Å². The van der Waals surface area contributed by atoms with Gasteiger partial charge in [-0.15, -0.1) is 0 Å². The fourth-order valence-corrected chi connectivity index (χ4v) is 11.7. The number of carbonyl (C=O) groups excluding carboxylic acids is 1. The van der Waals surface area contributed by atoms with Gasteiger partial charge < -0.3 is 19.8 Å². The highest BCUT2D eigenvalue weighted by Gasteiger charge is 2.28. The van der Waals surface area contributed by atoms with Gasteiger partial charge in [0.25, 0.3) is 0 Å². The van der Waals surface area contributed by atoms with Gasteiger partial charge in [0.15, 0.2) is 0 Å². The summed E-state index contributed by atoms with van der Waals surface area (Å²) in [7, 11) is 1.57. The van der Waals surface area contributed by atoms with Crippen LogP contribution in [0.3, 0.4) is 0 Å². The van der Waals surface area contributed by atoms with Crippen LogP contribution >= 0.6 is 7.82 Å². The first-order valence-corrected chi connectivity index (χ1v) is 36.7. The molecule has 3 atom stereocenters. The lowest BCUT2D eigenvalue weighted by Crippen LogP contribution is -2.45. The second-order valence-electron chi connectivity index (χ2n) is 25.6. The Hall–Kier alpha value is -1.02. The van der Waals surface area contributed by atoms with Crippen LogP contribution < -0.4 is 5.32 Å². The van der Waals surface area contributed by atoms with Crippen molar-refractivity contribution in [2.45, 2.75) is 379 Å². The maximum Gasteiger partial charge on any atom is 0.472 e. The summed E-state index contributed by atoms with van der Waals surface area (Å²) >= 11 is 0. The van der Waals surface area contributed by atoms with E-state index in [-0.39, 0.29) is 19.1 Å². The molecular weight excluding hydrogens is 996 g/mol. The van der Waals surface area contributed by atoms with Crippen LogP contribution in [0.1, 0.15) is 367 Å². The van der Waals surface area contributed by atoms with Gasteiger partial charge in [0.2, 0.25) is 5.91 Å². The summed E-state index contributed by atoms with van der Waals surface area (Å²) in [6, 6.07) is -0.862. The van der Waals surface area contributed by atoms with Gasteiger partial charge in [-0.05, 0) is 32.1 Å². The standard InChI is InChI=1S/C70H139N2O6P/c1-6-8-10-12-14-16-18-20-22-24-26-28-30-32-33-34-35-36-37-38-40-42-44-46-48-50-52-54-56-58-60-62-64-70(74)71-68(67-78-79(75,76)77-66-65-72(3,4)5)69(73)63-61-59-57-55-53-51-49-47-45-43-41-39-31-29-27-25-23-21-19-17-15-13-11-9-7-2/h53,55,61,63,68-69,73H,6-52,54,56-60,62,64-67H2,1-5H3,(H-,71,74,75,76)/p+1/b55-53+,63-61+. The van der Waals surface area contributed by atoms with Gasteiger partial charge >= 0.3 is 7.82 Å². The molecule has 0 aliphatic rings. The molecule has 0 aliphatic carbocycles. The molecular formula is C70H140N2O6P+. The quantitative estimate of drug-likeness (QED) is 0.0243. The minimum atomic E-state index is -4.36. The Bertz CT molecular complexity index is 1340. The number of hydrogen-bond acceptors (Lipinski definition) is 5. The minimum Gasteiger partial charge on any atom is -0.387 e. The molecule has 0 saturated carbocycles. The Morgan fingerprint density at radius 1 is 0.418 bits per heavy atom. The number of aliphatic hydroxyl groups is 1. The Balaban J connectivity index is 4.04. The average Bonchev–Trinajstić information content (AvgIpc) is 3.42. The smallest absolute Gasteiger partial charge is 0.387 e. The predicted molar refractivity (Wildman–Crippen MR) is 346 cm³/mol. The number of likely N-dealkylation sites (N-methyl/N-ethyl adjacent to an activating group) is 1. The summed E-state index contributed by atoms with van der Waals surface area (Å²) in [5.41, 5.74) is 0. The maximum atomic E-state index is 13.0. The van der Waals surface area contributed by atoms with Crippen molar-refractivity contribution in [1.82, 2.24) is 5.32 Å². The van der Waals surface area contributed by atoms with E-state index in [0.29, 0.717) is 17.4 Å². The van der Waals surface area contributed by atoms with Crippen LogP contribution in [0.5, 0.6) is 0 Å². The van der Waals surface area contributed by atoms with Crippen LogP contribution in [0, 0.1) is 0 Å². The van der Waals surface area contributed by atoms with E-state index in [9.17, 15) is 19.4 Å². The molecule has 0 rings (SSSR count). The van der Waals surface area contributed by atoms with E-state index in [0.717, 1.165) is 38.5 Å². The Morgan fingerprint density at radius 2 is 0.696 bits per heavy atom. The molecule has 3 unspecified atom stereocenters. The topological polar surface area (TPSA) is 105 Å². The highest BCUT2D eigenvalue weighted by Crippen LogP contribution is 2.43. The van der Waals surface area contributed by atoms with Gasteiger partial charge in [-0.25, -0.2) is 4.57 Å². The summed E-state index contributed by atoms with van der Waals surface area (Å²) in [6.07, 6.45) is 80.5. The zero-order valence-corrected chi connectivity index (χ0v) is 54.8. The number of nitrogens with zero attached hydrogens (tertiary/aromatic N) is 1. The van der Waals surface area contributed by atoms with Crippen molar-refractivity contribution in [3.63, 3.8) is 0 Å². The van der Waals surface area contributed by atoms with Gasteiger partial charge in [-0.2, -0.15) is 0 Å². The molecule has 0 heterocycles. The van der Waals surface area contributed by atoms with Crippen molar-refractivity contribution in [2.24, 2.45) is 0 Å². The van der Waals surface area contributed by atoms with E-state index in [2.05, 4.69) is 31.3 Å². The third-order valence-corrected chi connectivity index (χ3v) is 17.4. The Morgan fingerprint density at radius 3 is 1.01 bits per heavy atom. The maximum absolute atomic E-state index is 13.0. The van der Waals surface area contributed by atoms with Crippen LogP contribution in [0.25, 0.3) is 0 Å². The molecule has 0 aromatic rings. The summed E-state index contributed by atoms with van der Waals surface area (Å²) < 4.78 is 23.8. The number of amides is 1. The van der Waals surface area contributed by atoms with E-state index < -0.39 is 20.0 Å². The molecule has 0 radical (unpaired) electrons. The number of aliphatic hydroxyl groups excluding tert-OH is 1. The van der Waals surface area contributed by atoms with Gasteiger partial charge in [-0.3, -0.25) is 13.8 Å². The first-order valence-electron chi connectivity index (χ1n) is 35.2. The van der Waals surface area contributed by atoms with Crippen molar-refractivity contribution < 1.29 is 32.9 Å². The van der Waals surface area contributed by atoms with Crippen molar-refractivity contribution in [3.8, 4) is 0 Å². The highest BCUT2D eigenvalue weighted by atomic mass is 31.2. The molecule has 79 heavy (non-hydrogen) atoms. The van der Waals surface area contributed by atoms with Crippen LogP contribution in [0.2, 0.25) is 0 Å². The van der Waals surface area contributed by atoms with Crippen molar-refractivity contribution >= 4 is 13.7 Å². The third kappa shape index (κ3) is 64.4. The van der Waals surface area contributed by atoms with E-state index in [1.165, 1.54) is 308 Å². The summed E-state index contributed by atoms with van der Waals surface area (Å²) in [4.78, 5) is 23.4. The zero-order valence-electron chi connectivity index (χ0n) is 53.9. The fraction of sp³-hybridized carbons (Fsp3) is 0.929. The van der Waals surface area contributed by atoms with Crippen LogP contribution in [-0.4, -0.2) is 73.4 Å². The predicted octanol–water partition coefficient (Wildman–Crippen LogP) is 22.3. The fourth-order valence-electron chi connectivity index (χ4n) is 10.9. The lowest BCUT2D eigenvalue weighted by atomic mass is 10.0. The SMILES string of the molecule is CCCCCCCCCCCCCCCCCCCCC/C=C/CC/C=C/C(O)C(COP(=O)(O)OCC[N+](C)(C)C)NC(=O)CCCCCCCCCCCCCCCCCCCCCCCCCCCCCCCCCC. The van der Waals surface area contributed by atoms with Crippen LogP contribution in [0.4, 0.5) is 0 Å². The molecule has 8 nitrogen and oxygen atoms in total. The monoisotopic (exact) mass is 1140 g/mol. The molecule has 0 saturated heterocycles. The number of hydrogen-bond donors (Lipinski definition) is 3. The Kier molecular flexibility index (Phi) is 60.7. The highest BCUT2D eigenvalue weighted by molar-refractivity contribution is 7.47. The summed E-state index contributed by atoms with van der Waals surface area (Å²) in [5.74, 6) is -0.178. The van der Waals surface area contributed by atoms with E-state index in [1.807, 2.05) is 27.2 Å². The van der Waals surface area contributed by atoms with Crippen molar-refractivity contribution in [3.05, 3.63) is 24.3 Å². The van der Waals surface area contributed by atoms with Crippen LogP contribution in [0.15, 0.2) is 24.3 Å². The number of rotatable bonds is 66. The van der Waals surface area contributed by atoms with Gasteiger partial charge in [0.1, 0.15) is 13.2 Å². The van der Waals surface area contributed by atoms with Crippen molar-refractivity contribution in [2.75, 3.05) is 40.9 Å². The molecule has 470 valence electrons. The zero-order chi connectivity index (χ0) is 57.7. The molecule has 3 N–H and O–H groups in total.